The van der Waals surface area contributed by atoms with E-state index < -0.39 is 0 Å². The fourth-order valence-corrected chi connectivity index (χ4v) is 4.51. The van der Waals surface area contributed by atoms with Gasteiger partial charge in [0.25, 0.3) is 5.91 Å². The summed E-state index contributed by atoms with van der Waals surface area (Å²) in [7, 11) is 0. The van der Waals surface area contributed by atoms with E-state index in [2.05, 4.69) is 5.16 Å². The summed E-state index contributed by atoms with van der Waals surface area (Å²) in [5.41, 5.74) is 2.53. The van der Waals surface area contributed by atoms with Crippen LogP contribution in [0.4, 0.5) is 0 Å². The molecule has 0 aliphatic carbocycles. The molecule has 0 N–H and O–H groups in total. The molecule has 3 saturated heterocycles. The molecule has 3 aliphatic rings. The number of fused-ring (bicyclic) bond motifs is 4. The van der Waals surface area contributed by atoms with Gasteiger partial charge in [-0.05, 0) is 38.1 Å². The van der Waals surface area contributed by atoms with Gasteiger partial charge in [0.05, 0.1) is 23.7 Å². The van der Waals surface area contributed by atoms with Crippen molar-refractivity contribution in [2.75, 3.05) is 13.1 Å². The van der Waals surface area contributed by atoms with E-state index in [4.69, 9.17) is 4.52 Å². The minimum absolute atomic E-state index is 0.0325. The largest absolute Gasteiger partial charge is 0.361 e. The molecule has 2 aromatic rings. The van der Waals surface area contributed by atoms with Crippen LogP contribution < -0.4 is 0 Å². The second-order valence-corrected chi connectivity index (χ2v) is 7.70. The number of thiophene rings is 1. The van der Waals surface area contributed by atoms with Crippen LogP contribution in [0.1, 0.15) is 40.2 Å². The van der Waals surface area contributed by atoms with Gasteiger partial charge in [-0.15, -0.1) is 0 Å². The minimum atomic E-state index is -0.109. The first-order valence-corrected chi connectivity index (χ1v) is 9.52. The van der Waals surface area contributed by atoms with E-state index in [0.29, 0.717) is 19.6 Å². The molecule has 3 fully saturated rings. The second-order valence-electron chi connectivity index (χ2n) is 6.92. The first-order chi connectivity index (χ1) is 12.0. The summed E-state index contributed by atoms with van der Waals surface area (Å²) in [5.74, 6) is 0.834. The number of carbonyl (C=O) groups excluding carboxylic acids is 2. The maximum Gasteiger partial charge on any atom is 0.254 e. The van der Waals surface area contributed by atoms with Crippen LogP contribution in [-0.2, 0) is 11.3 Å². The first-order valence-electron chi connectivity index (χ1n) is 8.58. The van der Waals surface area contributed by atoms with Gasteiger partial charge in [-0.2, -0.15) is 11.3 Å². The van der Waals surface area contributed by atoms with Crippen LogP contribution in [0.15, 0.2) is 21.3 Å². The minimum Gasteiger partial charge on any atom is -0.361 e. The highest BCUT2D eigenvalue weighted by Crippen LogP contribution is 2.32. The summed E-state index contributed by atoms with van der Waals surface area (Å²) in [6.45, 7) is 5.41. The number of amides is 2. The summed E-state index contributed by atoms with van der Waals surface area (Å²) in [4.78, 5) is 29.5. The molecule has 7 heteroatoms. The predicted octanol–water partition coefficient (Wildman–Crippen LogP) is 2.62. The lowest BCUT2D eigenvalue weighted by atomic mass is 9.93. The number of hydrogen-bond acceptors (Lipinski definition) is 5. The van der Waals surface area contributed by atoms with E-state index in [-0.39, 0.29) is 23.8 Å². The van der Waals surface area contributed by atoms with Gasteiger partial charge in [0.1, 0.15) is 5.76 Å². The monoisotopic (exact) mass is 359 g/mol. The number of aryl methyl sites for hydroxylation is 2. The Morgan fingerprint density at radius 3 is 2.88 bits per heavy atom. The van der Waals surface area contributed by atoms with Crippen molar-refractivity contribution in [1.29, 1.82) is 0 Å². The zero-order valence-electron chi connectivity index (χ0n) is 14.4. The van der Waals surface area contributed by atoms with Gasteiger partial charge in [0.2, 0.25) is 5.91 Å². The van der Waals surface area contributed by atoms with Gasteiger partial charge in [0.15, 0.2) is 0 Å². The van der Waals surface area contributed by atoms with Crippen molar-refractivity contribution in [3.8, 4) is 0 Å². The molecule has 2 bridgehead atoms. The van der Waals surface area contributed by atoms with E-state index >= 15 is 0 Å². The highest BCUT2D eigenvalue weighted by Gasteiger charge is 2.42. The van der Waals surface area contributed by atoms with Crippen LogP contribution in [0.25, 0.3) is 0 Å². The van der Waals surface area contributed by atoms with E-state index in [0.717, 1.165) is 35.4 Å². The highest BCUT2D eigenvalue weighted by molar-refractivity contribution is 7.08. The van der Waals surface area contributed by atoms with E-state index in [1.807, 2.05) is 40.5 Å². The molecule has 2 aromatic heterocycles. The molecule has 2 amide bonds. The summed E-state index contributed by atoms with van der Waals surface area (Å²) in [5, 5.41) is 7.78. The Hall–Kier alpha value is -2.15. The molecule has 0 aromatic carbocycles. The Morgan fingerprint density at radius 2 is 2.20 bits per heavy atom. The number of carbonyl (C=O) groups is 2. The zero-order valence-corrected chi connectivity index (χ0v) is 15.2. The van der Waals surface area contributed by atoms with Crippen molar-refractivity contribution in [1.82, 2.24) is 15.0 Å². The lowest BCUT2D eigenvalue weighted by Gasteiger charge is -2.35. The summed E-state index contributed by atoms with van der Waals surface area (Å²) >= 11 is 1.52. The number of aromatic nitrogens is 1. The van der Waals surface area contributed by atoms with Crippen LogP contribution in [0.3, 0.4) is 0 Å². The van der Waals surface area contributed by atoms with Crippen molar-refractivity contribution in [3.63, 3.8) is 0 Å². The third-order valence-electron chi connectivity index (χ3n) is 5.36. The molecule has 3 aliphatic heterocycles. The fourth-order valence-electron chi connectivity index (χ4n) is 3.88. The zero-order chi connectivity index (χ0) is 17.6. The van der Waals surface area contributed by atoms with E-state index in [1.165, 1.54) is 11.3 Å². The van der Waals surface area contributed by atoms with Gasteiger partial charge in [-0.25, -0.2) is 0 Å². The second kappa shape index (κ2) is 6.29. The Kier molecular flexibility index (Phi) is 4.11. The fraction of sp³-hybridized carbons (Fsp3) is 0.500. The quantitative estimate of drug-likeness (QED) is 0.845. The van der Waals surface area contributed by atoms with Gasteiger partial charge in [-0.1, -0.05) is 5.16 Å². The predicted molar refractivity (Wildman–Crippen MR) is 93.3 cm³/mol. The Labute approximate surface area is 150 Å². The Balaban J connectivity index is 1.58. The van der Waals surface area contributed by atoms with Crippen molar-refractivity contribution in [2.45, 2.75) is 39.3 Å². The van der Waals surface area contributed by atoms with Crippen molar-refractivity contribution >= 4 is 23.2 Å². The number of hydrogen-bond donors (Lipinski definition) is 0. The van der Waals surface area contributed by atoms with Gasteiger partial charge in [-0.3, -0.25) is 9.59 Å². The molecule has 5 rings (SSSR count). The normalized spacial score (nSPS) is 23.2. The molecular weight excluding hydrogens is 338 g/mol. The van der Waals surface area contributed by atoms with Crippen molar-refractivity contribution in [3.05, 3.63) is 39.4 Å². The van der Waals surface area contributed by atoms with Crippen LogP contribution in [0, 0.1) is 19.8 Å². The van der Waals surface area contributed by atoms with Crippen molar-refractivity contribution < 1.29 is 14.1 Å². The smallest absolute Gasteiger partial charge is 0.254 e. The van der Waals surface area contributed by atoms with Crippen molar-refractivity contribution in [2.24, 2.45) is 5.92 Å². The van der Waals surface area contributed by atoms with Crippen LogP contribution in [0.5, 0.6) is 0 Å². The van der Waals surface area contributed by atoms with Crippen LogP contribution in [0.2, 0.25) is 0 Å². The maximum atomic E-state index is 12.9. The average Bonchev–Trinajstić information content (AvgIpc) is 3.14. The number of rotatable bonds is 3. The third kappa shape index (κ3) is 2.86. The number of piperidine rings is 1. The molecule has 6 nitrogen and oxygen atoms in total. The molecule has 132 valence electrons. The van der Waals surface area contributed by atoms with E-state index in [9.17, 15) is 9.59 Å². The first kappa shape index (κ1) is 16.3. The summed E-state index contributed by atoms with van der Waals surface area (Å²) in [6.07, 6.45) is 1.79. The van der Waals surface area contributed by atoms with Crippen LogP contribution in [-0.4, -0.2) is 45.9 Å². The molecule has 5 heterocycles. The summed E-state index contributed by atoms with van der Waals surface area (Å²) in [6, 6.07) is 1.91. The molecule has 2 atom stereocenters. The topological polar surface area (TPSA) is 66.7 Å². The van der Waals surface area contributed by atoms with Gasteiger partial charge < -0.3 is 14.3 Å². The lowest BCUT2D eigenvalue weighted by molar-refractivity contribution is -0.140. The standard InChI is InChI=1S/C18H21N3O3S/c1-11-16(12(2)24-19-11)9-21-15-4-3-13(18(21)23)7-20(8-15)17(22)14-5-6-25-10-14/h5-6,10,13,15H,3-4,7-9H2,1-2H3/t13-,15+/m0/s1. The molecule has 0 saturated carbocycles. The van der Waals surface area contributed by atoms with Gasteiger partial charge in [0, 0.05) is 30.1 Å². The average molecular weight is 359 g/mol. The maximum absolute atomic E-state index is 12.9. The highest BCUT2D eigenvalue weighted by atomic mass is 32.1. The van der Waals surface area contributed by atoms with Gasteiger partial charge >= 0.3 is 0 Å². The molecule has 25 heavy (non-hydrogen) atoms. The number of nitrogens with zero attached hydrogens (tertiary/aromatic N) is 3. The van der Waals surface area contributed by atoms with Crippen LogP contribution >= 0.6 is 11.3 Å². The summed E-state index contributed by atoms with van der Waals surface area (Å²) < 4.78 is 5.24. The Morgan fingerprint density at radius 1 is 1.36 bits per heavy atom. The molecular formula is C18H21N3O3S. The SMILES string of the molecule is Cc1noc(C)c1CN1C(=O)[C@H]2CC[C@@H]1CN(C(=O)c1ccsc1)C2. The lowest BCUT2D eigenvalue weighted by Crippen LogP contribution is -2.47. The Bertz CT molecular complexity index is 779. The third-order valence-corrected chi connectivity index (χ3v) is 6.04. The molecule has 0 radical (unpaired) electrons. The molecule has 0 spiro atoms. The molecule has 0 unspecified atom stereocenters. The van der Waals surface area contributed by atoms with E-state index in [1.54, 1.807) is 0 Å².